The molecule has 0 aromatic heterocycles. The van der Waals surface area contributed by atoms with E-state index in [1.54, 1.807) is 11.1 Å². The molecule has 0 saturated heterocycles. The van der Waals surface area contributed by atoms with E-state index in [4.69, 9.17) is 0 Å². The van der Waals surface area contributed by atoms with Gasteiger partial charge in [-0.05, 0) is 0 Å². The van der Waals surface area contributed by atoms with Gasteiger partial charge in [-0.3, -0.25) is 0 Å². The van der Waals surface area contributed by atoms with E-state index >= 15 is 0 Å². The third-order valence-electron chi connectivity index (χ3n) is 14.9. The fourth-order valence-corrected chi connectivity index (χ4v) is 60.9. The standard InChI is InChI=1S/2C18H17.2C6H13.2CH3.Hf.H2Si/c2*1-13(2)15-8-3-9-16(12-15)18-11-5-7-14-6-4-10-17(14)18;2*1-3-5-6-4-2;;;;/h2*3-13H,1-2H3;2*1,3-6H2,2H3;2*1H3;;1H2. The van der Waals surface area contributed by atoms with Gasteiger partial charge in [-0.15, -0.1) is 0 Å². The van der Waals surface area contributed by atoms with Crippen LogP contribution in [0.25, 0.3) is 34.4 Å². The van der Waals surface area contributed by atoms with Crippen molar-refractivity contribution in [3.05, 3.63) is 130 Å². The van der Waals surface area contributed by atoms with Crippen molar-refractivity contribution >= 4 is 19.1 Å². The molecule has 0 bridgehead atoms. The van der Waals surface area contributed by atoms with E-state index in [1.165, 1.54) is 104 Å². The van der Waals surface area contributed by atoms with Crippen LogP contribution in [0, 0.1) is 0 Å². The van der Waals surface area contributed by atoms with Gasteiger partial charge in [-0.25, -0.2) is 0 Å². The number of rotatable bonds is 16. The molecule has 2 aliphatic carbocycles. The van der Waals surface area contributed by atoms with Crippen LogP contribution in [-0.4, -0.2) is 6.94 Å². The van der Waals surface area contributed by atoms with E-state index in [-0.39, 0.29) is 0 Å². The fourth-order valence-electron chi connectivity index (χ4n) is 11.3. The maximum atomic E-state index is 2.99. The van der Waals surface area contributed by atoms with Gasteiger partial charge in [0.15, 0.2) is 0 Å². The van der Waals surface area contributed by atoms with E-state index in [9.17, 15) is 0 Å². The first-order valence-corrected chi connectivity index (χ1v) is 45.8. The Balaban J connectivity index is 1.60. The first-order valence-electron chi connectivity index (χ1n) is 21.1. The van der Waals surface area contributed by atoms with Crippen molar-refractivity contribution in [3.8, 4) is 22.3 Å². The fraction of sp³-hybridized carbons (Fsp3) is 0.440. The monoisotopic (exact) mass is 876 g/mol. The summed E-state index contributed by atoms with van der Waals surface area (Å²) in [6.45, 7) is 16.6. The van der Waals surface area contributed by atoms with Crippen LogP contribution in [0.15, 0.2) is 97.1 Å². The molecular weight excluding hydrogens is 807 g/mol. The minimum atomic E-state index is -5.21. The summed E-state index contributed by atoms with van der Waals surface area (Å²) in [6, 6.07) is 33.3. The second-order valence-electron chi connectivity index (χ2n) is 20.4. The Labute approximate surface area is 313 Å². The van der Waals surface area contributed by atoms with Crippen LogP contribution in [0.5, 0.6) is 0 Å². The molecule has 0 amide bonds. The Morgan fingerprint density at radius 1 is 0.538 bits per heavy atom. The summed E-state index contributed by atoms with van der Waals surface area (Å²) >= 11 is -5.21. The summed E-state index contributed by atoms with van der Waals surface area (Å²) < 4.78 is 9.62. The molecule has 0 nitrogen and oxygen atoms in total. The Morgan fingerprint density at radius 3 is 1.33 bits per heavy atom. The molecule has 0 spiro atoms. The van der Waals surface area contributed by atoms with Crippen molar-refractivity contribution in [2.45, 2.75) is 130 Å². The SMILES string of the molecule is CCCCC[CH2][Hf]([CH3])([CH3])(=[SiH2])([CH2]CCCCC)([CH]1C=Cc2c(-c3cccc(C(C)C)c3)cccc21)[CH]1C=Cc2c(-c3cccc(C(C)C)c3)cccc21. The molecule has 2 unspecified atom stereocenters. The molecule has 2 heteroatoms. The van der Waals surface area contributed by atoms with Crippen LogP contribution in [0.1, 0.15) is 145 Å². The molecule has 6 rings (SSSR count). The third kappa shape index (κ3) is 6.72. The molecule has 0 aliphatic heterocycles. The van der Waals surface area contributed by atoms with Crippen LogP contribution in [0.4, 0.5) is 0 Å². The molecule has 0 fully saturated rings. The summed E-state index contributed by atoms with van der Waals surface area (Å²) in [5.74, 6) is 1.03. The van der Waals surface area contributed by atoms with Crippen molar-refractivity contribution in [3.63, 3.8) is 0 Å². The maximum absolute atomic E-state index is 5.21. The zero-order valence-electron chi connectivity index (χ0n) is 34.0. The van der Waals surface area contributed by atoms with Crippen molar-refractivity contribution in [2.75, 3.05) is 0 Å². The van der Waals surface area contributed by atoms with Crippen LogP contribution in [0.2, 0.25) is 17.7 Å². The number of allylic oxidation sites excluding steroid dienone is 2. The number of benzene rings is 4. The molecule has 4 aromatic carbocycles. The van der Waals surface area contributed by atoms with E-state index < -0.39 is 14.2 Å². The summed E-state index contributed by atoms with van der Waals surface area (Å²) in [5.41, 5.74) is 14.5. The number of fused-ring (bicyclic) bond motifs is 2. The van der Waals surface area contributed by atoms with E-state index in [2.05, 4.69) is 167 Å². The summed E-state index contributed by atoms with van der Waals surface area (Å²) in [7, 11) is 0. The molecule has 2 atom stereocenters. The van der Waals surface area contributed by atoms with Gasteiger partial charge < -0.3 is 0 Å². The molecule has 0 saturated carbocycles. The predicted molar refractivity (Wildman–Crippen MR) is 234 cm³/mol. The van der Waals surface area contributed by atoms with Crippen molar-refractivity contribution in [1.29, 1.82) is 0 Å². The Bertz CT molecular complexity index is 1980. The van der Waals surface area contributed by atoms with E-state index in [1.807, 2.05) is 0 Å². The zero-order chi connectivity index (χ0) is 37.3. The van der Waals surface area contributed by atoms with Crippen LogP contribution < -0.4 is 0 Å². The third-order valence-corrected chi connectivity index (χ3v) is 71.4. The first-order chi connectivity index (χ1) is 24.7. The molecule has 4 aromatic rings. The van der Waals surface area contributed by atoms with Gasteiger partial charge in [0, 0.05) is 0 Å². The molecule has 52 heavy (non-hydrogen) atoms. The van der Waals surface area contributed by atoms with Gasteiger partial charge in [0.1, 0.15) is 0 Å². The second-order valence-corrected chi connectivity index (χ2v) is 97.4. The van der Waals surface area contributed by atoms with Crippen molar-refractivity contribution in [1.82, 2.24) is 0 Å². The van der Waals surface area contributed by atoms with Gasteiger partial charge >= 0.3 is 316 Å². The molecule has 0 radical (unpaired) electrons. The number of unbranched alkanes of at least 4 members (excludes halogenated alkanes) is 6. The molecular formula is C50H68HfSi. The Morgan fingerprint density at radius 2 is 0.942 bits per heavy atom. The van der Waals surface area contributed by atoms with Crippen LogP contribution in [-0.2, 0) is 14.2 Å². The van der Waals surface area contributed by atoms with Crippen molar-refractivity contribution < 1.29 is 14.2 Å². The average molecular weight is 876 g/mol. The topological polar surface area (TPSA) is 0 Å². The van der Waals surface area contributed by atoms with E-state index in [0.717, 1.165) is 0 Å². The molecule has 276 valence electrons. The first kappa shape index (κ1) is 39.1. The second kappa shape index (κ2) is 13.9. The Hall–Kier alpha value is -2.55. The zero-order valence-corrected chi connectivity index (χ0v) is 39.0. The number of hydrogen-bond acceptors (Lipinski definition) is 0. The van der Waals surface area contributed by atoms with Crippen molar-refractivity contribution in [2.24, 2.45) is 0 Å². The van der Waals surface area contributed by atoms with Gasteiger partial charge in [-0.2, -0.15) is 0 Å². The minimum absolute atomic E-state index is 0.447. The average Bonchev–Trinajstić information content (AvgIpc) is 3.80. The molecule has 0 N–H and O–H groups in total. The van der Waals surface area contributed by atoms with Crippen LogP contribution >= 0.6 is 0 Å². The normalized spacial score (nSPS) is 18.6. The van der Waals surface area contributed by atoms with E-state index in [0.29, 0.717) is 19.2 Å². The summed E-state index contributed by atoms with van der Waals surface area (Å²) in [6.07, 6.45) is 21.2. The number of hydrogen-bond donors (Lipinski definition) is 0. The van der Waals surface area contributed by atoms with Crippen LogP contribution in [0.3, 0.4) is 0 Å². The Kier molecular flexibility index (Phi) is 10.5. The summed E-state index contributed by atoms with van der Waals surface area (Å²) in [5, 5.41) is 0. The quantitative estimate of drug-likeness (QED) is 0.0777. The molecule has 0 heterocycles. The van der Waals surface area contributed by atoms with Gasteiger partial charge in [0.25, 0.3) is 0 Å². The van der Waals surface area contributed by atoms with Gasteiger partial charge in [-0.1, -0.05) is 0 Å². The summed E-state index contributed by atoms with van der Waals surface area (Å²) in [4.78, 5) is 0. The predicted octanol–water partition coefficient (Wildman–Crippen LogP) is 15.5. The molecule has 2 aliphatic rings. The van der Waals surface area contributed by atoms with Gasteiger partial charge in [0.2, 0.25) is 0 Å². The van der Waals surface area contributed by atoms with Gasteiger partial charge in [0.05, 0.1) is 0 Å².